The quantitative estimate of drug-likeness (QED) is 0.902. The Kier molecular flexibility index (Phi) is 2.93. The molecule has 0 amide bonds. The number of rotatable bonds is 3. The second-order valence-corrected chi connectivity index (χ2v) is 3.34. The molecule has 0 unspecified atom stereocenters. The van der Waals surface area contributed by atoms with Crippen LogP contribution in [0.4, 0.5) is 13.2 Å². The zero-order valence-electron chi connectivity index (χ0n) is 8.61. The average molecular weight is 246 g/mol. The second-order valence-electron chi connectivity index (χ2n) is 3.34. The van der Waals surface area contributed by atoms with E-state index < -0.39 is 11.9 Å². The summed E-state index contributed by atoms with van der Waals surface area (Å²) in [6.07, 6.45) is -3.15. The first-order chi connectivity index (χ1) is 8.02. The molecule has 2 rings (SSSR count). The summed E-state index contributed by atoms with van der Waals surface area (Å²) in [6, 6.07) is 4.00. The molecule has 0 radical (unpaired) electrons. The first-order valence-electron chi connectivity index (χ1n) is 4.82. The second kappa shape index (κ2) is 4.25. The average Bonchev–Trinajstić information content (AvgIpc) is 2.83. The van der Waals surface area contributed by atoms with Gasteiger partial charge in [-0.1, -0.05) is 0 Å². The molecule has 2 aromatic rings. The number of hydrogen-bond donors (Lipinski definition) is 1. The van der Waals surface area contributed by atoms with Gasteiger partial charge in [0.15, 0.2) is 11.5 Å². The van der Waals surface area contributed by atoms with E-state index in [4.69, 9.17) is 9.52 Å². The van der Waals surface area contributed by atoms with Crippen molar-refractivity contribution >= 4 is 0 Å². The first kappa shape index (κ1) is 11.7. The molecule has 0 atom stereocenters. The Morgan fingerprint density at radius 3 is 2.71 bits per heavy atom. The van der Waals surface area contributed by atoms with Gasteiger partial charge in [0.25, 0.3) is 0 Å². The molecular formula is C10H9F3N2O2. The predicted octanol–water partition coefficient (Wildman–Crippen LogP) is 2.15. The van der Waals surface area contributed by atoms with Crippen LogP contribution in [0.25, 0.3) is 11.5 Å². The third kappa shape index (κ3) is 2.33. The minimum atomic E-state index is -4.51. The molecule has 0 aliphatic carbocycles. The van der Waals surface area contributed by atoms with E-state index in [2.05, 4.69) is 5.10 Å². The Hall–Kier alpha value is -1.76. The molecule has 0 spiro atoms. The Balaban J connectivity index is 2.46. The van der Waals surface area contributed by atoms with E-state index in [-0.39, 0.29) is 24.6 Å². The van der Waals surface area contributed by atoms with Gasteiger partial charge in [0.1, 0.15) is 5.69 Å². The third-order valence-electron chi connectivity index (χ3n) is 2.16. The zero-order chi connectivity index (χ0) is 12.5. The molecule has 92 valence electrons. The monoisotopic (exact) mass is 246 g/mol. The van der Waals surface area contributed by atoms with Gasteiger partial charge in [-0.05, 0) is 18.2 Å². The van der Waals surface area contributed by atoms with Crippen molar-refractivity contribution in [1.82, 2.24) is 9.78 Å². The molecular weight excluding hydrogens is 237 g/mol. The minimum Gasteiger partial charge on any atom is -0.463 e. The molecule has 0 saturated carbocycles. The van der Waals surface area contributed by atoms with E-state index in [0.717, 1.165) is 10.7 Å². The molecule has 2 aromatic heterocycles. The van der Waals surface area contributed by atoms with Crippen LogP contribution in [0.2, 0.25) is 0 Å². The SMILES string of the molecule is OCCn1nc(C(F)(F)F)cc1-c1ccco1. The summed E-state index contributed by atoms with van der Waals surface area (Å²) in [5, 5.41) is 12.2. The van der Waals surface area contributed by atoms with Gasteiger partial charge < -0.3 is 9.52 Å². The van der Waals surface area contributed by atoms with E-state index in [0.29, 0.717) is 0 Å². The van der Waals surface area contributed by atoms with Crippen molar-refractivity contribution < 1.29 is 22.7 Å². The minimum absolute atomic E-state index is 0.0217. The molecule has 2 heterocycles. The Morgan fingerprint density at radius 2 is 2.18 bits per heavy atom. The van der Waals surface area contributed by atoms with Gasteiger partial charge in [0.2, 0.25) is 0 Å². The fraction of sp³-hybridized carbons (Fsp3) is 0.300. The molecule has 1 N–H and O–H groups in total. The molecule has 7 heteroatoms. The maximum absolute atomic E-state index is 12.5. The smallest absolute Gasteiger partial charge is 0.435 e. The highest BCUT2D eigenvalue weighted by Crippen LogP contribution is 2.31. The van der Waals surface area contributed by atoms with Gasteiger partial charge in [-0.15, -0.1) is 0 Å². The molecule has 4 nitrogen and oxygen atoms in total. The largest absolute Gasteiger partial charge is 0.463 e. The van der Waals surface area contributed by atoms with Crippen LogP contribution in [0.15, 0.2) is 28.9 Å². The van der Waals surface area contributed by atoms with Crippen LogP contribution in [0, 0.1) is 0 Å². The number of furan rings is 1. The summed E-state index contributed by atoms with van der Waals surface area (Å²) in [6.45, 7) is -0.321. The number of alkyl halides is 3. The number of aliphatic hydroxyl groups excluding tert-OH is 1. The first-order valence-corrected chi connectivity index (χ1v) is 4.82. The maximum Gasteiger partial charge on any atom is 0.435 e. The molecule has 0 aliphatic heterocycles. The lowest BCUT2D eigenvalue weighted by Crippen LogP contribution is -2.09. The summed E-state index contributed by atoms with van der Waals surface area (Å²) < 4.78 is 43.6. The summed E-state index contributed by atoms with van der Waals surface area (Å²) in [5.74, 6) is 0.279. The van der Waals surface area contributed by atoms with Gasteiger partial charge in [-0.3, -0.25) is 4.68 Å². The van der Waals surface area contributed by atoms with E-state index in [1.54, 1.807) is 6.07 Å². The normalized spacial score (nSPS) is 12.0. The van der Waals surface area contributed by atoms with Crippen LogP contribution < -0.4 is 0 Å². The molecule has 17 heavy (non-hydrogen) atoms. The lowest BCUT2D eigenvalue weighted by molar-refractivity contribution is -0.141. The summed E-state index contributed by atoms with van der Waals surface area (Å²) >= 11 is 0. The molecule has 0 fully saturated rings. The Labute approximate surface area is 94.3 Å². The number of nitrogens with zero attached hydrogens (tertiary/aromatic N) is 2. The van der Waals surface area contributed by atoms with Crippen LogP contribution in [-0.4, -0.2) is 21.5 Å². The fourth-order valence-corrected chi connectivity index (χ4v) is 1.44. The number of aliphatic hydroxyl groups is 1. The lowest BCUT2D eigenvalue weighted by atomic mass is 10.3. The topological polar surface area (TPSA) is 51.2 Å². The van der Waals surface area contributed by atoms with Crippen LogP contribution in [-0.2, 0) is 12.7 Å². The van der Waals surface area contributed by atoms with Crippen LogP contribution in [0.1, 0.15) is 5.69 Å². The van der Waals surface area contributed by atoms with Gasteiger partial charge in [0.05, 0.1) is 19.4 Å². The highest BCUT2D eigenvalue weighted by Gasteiger charge is 2.35. The maximum atomic E-state index is 12.5. The van der Waals surface area contributed by atoms with Crippen molar-refractivity contribution in [3.8, 4) is 11.5 Å². The summed E-state index contributed by atoms with van der Waals surface area (Å²) in [7, 11) is 0. The lowest BCUT2D eigenvalue weighted by Gasteiger charge is -2.02. The van der Waals surface area contributed by atoms with Gasteiger partial charge in [-0.2, -0.15) is 18.3 Å². The van der Waals surface area contributed by atoms with Gasteiger partial charge >= 0.3 is 6.18 Å². The number of hydrogen-bond acceptors (Lipinski definition) is 3. The standard InChI is InChI=1S/C10H9F3N2O2/c11-10(12,13)9-6-7(8-2-1-5-17-8)15(14-9)3-4-16/h1-2,5-6,16H,3-4H2. The summed E-state index contributed by atoms with van der Waals surface area (Å²) in [4.78, 5) is 0. The molecule has 0 aliphatic rings. The van der Waals surface area contributed by atoms with E-state index in [1.165, 1.54) is 12.3 Å². The highest BCUT2D eigenvalue weighted by atomic mass is 19.4. The summed E-state index contributed by atoms with van der Waals surface area (Å²) in [5.41, 5.74) is -0.811. The highest BCUT2D eigenvalue weighted by molar-refractivity contribution is 5.53. The van der Waals surface area contributed by atoms with Gasteiger partial charge in [0, 0.05) is 0 Å². The van der Waals surface area contributed by atoms with Crippen molar-refractivity contribution in [2.75, 3.05) is 6.61 Å². The van der Waals surface area contributed by atoms with Crippen molar-refractivity contribution in [3.05, 3.63) is 30.2 Å². The third-order valence-corrected chi connectivity index (χ3v) is 2.16. The van der Waals surface area contributed by atoms with Crippen LogP contribution in [0.3, 0.4) is 0 Å². The molecule has 0 saturated heterocycles. The zero-order valence-corrected chi connectivity index (χ0v) is 8.61. The Bertz CT molecular complexity index is 488. The van der Waals surface area contributed by atoms with E-state index in [9.17, 15) is 13.2 Å². The van der Waals surface area contributed by atoms with Crippen molar-refractivity contribution in [2.45, 2.75) is 12.7 Å². The number of halogens is 3. The van der Waals surface area contributed by atoms with Crippen LogP contribution >= 0.6 is 0 Å². The van der Waals surface area contributed by atoms with Crippen molar-refractivity contribution in [2.24, 2.45) is 0 Å². The van der Waals surface area contributed by atoms with Crippen molar-refractivity contribution in [3.63, 3.8) is 0 Å². The Morgan fingerprint density at radius 1 is 1.41 bits per heavy atom. The molecule has 0 bridgehead atoms. The van der Waals surface area contributed by atoms with Crippen LogP contribution in [0.5, 0.6) is 0 Å². The van der Waals surface area contributed by atoms with Gasteiger partial charge in [-0.25, -0.2) is 0 Å². The fourth-order valence-electron chi connectivity index (χ4n) is 1.44. The van der Waals surface area contributed by atoms with E-state index in [1.807, 2.05) is 0 Å². The predicted molar refractivity (Wildman–Crippen MR) is 52.0 cm³/mol. The molecule has 0 aromatic carbocycles. The number of aromatic nitrogens is 2. The van der Waals surface area contributed by atoms with E-state index >= 15 is 0 Å². The van der Waals surface area contributed by atoms with Crippen molar-refractivity contribution in [1.29, 1.82) is 0 Å².